The summed E-state index contributed by atoms with van der Waals surface area (Å²) in [5.74, 6) is 1.98. The predicted molar refractivity (Wildman–Crippen MR) is 109 cm³/mol. The van der Waals surface area contributed by atoms with Crippen LogP contribution in [0.4, 0.5) is 0 Å². The summed E-state index contributed by atoms with van der Waals surface area (Å²) in [4.78, 5) is 14.8. The molecular formula is C18H26IN5O. The van der Waals surface area contributed by atoms with Crippen molar-refractivity contribution in [2.75, 3.05) is 19.6 Å². The van der Waals surface area contributed by atoms with Crippen molar-refractivity contribution < 1.29 is 4.79 Å². The number of hydrogen-bond acceptors (Lipinski definition) is 5. The average molecular weight is 455 g/mol. The van der Waals surface area contributed by atoms with Crippen LogP contribution in [0.15, 0.2) is 41.3 Å². The normalized spacial score (nSPS) is 31.1. The van der Waals surface area contributed by atoms with Crippen LogP contribution in [0.2, 0.25) is 0 Å². The lowest BCUT2D eigenvalue weighted by Crippen LogP contribution is -2.48. The van der Waals surface area contributed by atoms with Crippen LogP contribution < -0.4 is 10.6 Å². The van der Waals surface area contributed by atoms with Gasteiger partial charge in [-0.3, -0.25) is 4.79 Å². The van der Waals surface area contributed by atoms with Crippen molar-refractivity contribution in [3.63, 3.8) is 0 Å². The van der Waals surface area contributed by atoms with Crippen molar-refractivity contribution in [2.45, 2.75) is 24.9 Å². The van der Waals surface area contributed by atoms with Crippen LogP contribution in [0.25, 0.3) is 0 Å². The molecule has 4 atom stereocenters. The molecule has 0 spiro atoms. The quantitative estimate of drug-likeness (QED) is 0.289. The first-order valence-corrected chi connectivity index (χ1v) is 10.1. The van der Waals surface area contributed by atoms with Gasteiger partial charge < -0.3 is 15.5 Å². The van der Waals surface area contributed by atoms with Crippen LogP contribution in [0.3, 0.4) is 0 Å². The lowest BCUT2D eigenvalue weighted by atomic mass is 9.96. The second kappa shape index (κ2) is 7.90. The van der Waals surface area contributed by atoms with E-state index in [1.165, 1.54) is 0 Å². The largest absolute Gasteiger partial charge is 0.360 e. The molecule has 25 heavy (non-hydrogen) atoms. The molecule has 1 amide bonds. The third kappa shape index (κ3) is 4.08. The number of nitrogens with one attached hydrogen (secondary N) is 2. The molecule has 0 aromatic carbocycles. The Morgan fingerprint density at radius 1 is 1.44 bits per heavy atom. The molecule has 4 unspecified atom stereocenters. The molecule has 1 saturated heterocycles. The number of carbonyl (C=O) groups excluding carboxylic acids is 1. The van der Waals surface area contributed by atoms with Crippen LogP contribution in [0, 0.1) is 17.8 Å². The minimum Gasteiger partial charge on any atom is -0.360 e. The standard InChI is InChI=1S/C18H26IN5O/c1-4-5-6-7-12(2)9-23-10-13(3)14(11-23)16-21-17(25)15-8-20-18(19)24(15)22-16/h4-8,12-14,18,20H,9-11H2,1-3H3,(H,21,22,25)/b5-4-,7-6-. The summed E-state index contributed by atoms with van der Waals surface area (Å²) in [7, 11) is 0. The van der Waals surface area contributed by atoms with Crippen LogP contribution in [0.5, 0.6) is 0 Å². The molecule has 3 rings (SSSR count). The molecule has 0 aliphatic carbocycles. The van der Waals surface area contributed by atoms with Gasteiger partial charge in [0.15, 0.2) is 4.17 Å². The molecule has 0 bridgehead atoms. The summed E-state index contributed by atoms with van der Waals surface area (Å²) in [6.07, 6.45) is 10.2. The minimum absolute atomic E-state index is 0.00163. The number of alkyl halides is 1. The first-order valence-electron chi connectivity index (χ1n) is 8.80. The predicted octanol–water partition coefficient (Wildman–Crippen LogP) is 2.23. The van der Waals surface area contributed by atoms with Gasteiger partial charge in [0.2, 0.25) is 0 Å². The summed E-state index contributed by atoms with van der Waals surface area (Å²) in [6, 6.07) is 0. The summed E-state index contributed by atoms with van der Waals surface area (Å²) in [5.41, 5.74) is 0.591. The molecule has 0 aromatic heterocycles. The smallest absolute Gasteiger partial charge is 0.276 e. The highest BCUT2D eigenvalue weighted by Gasteiger charge is 2.39. The molecule has 0 aromatic rings. The van der Waals surface area contributed by atoms with E-state index in [1.54, 1.807) is 11.2 Å². The molecule has 3 aliphatic rings. The van der Waals surface area contributed by atoms with E-state index in [0.29, 0.717) is 17.5 Å². The Kier molecular flexibility index (Phi) is 5.83. The van der Waals surface area contributed by atoms with E-state index in [2.05, 4.69) is 70.2 Å². The molecule has 7 heteroatoms. The van der Waals surface area contributed by atoms with Gasteiger partial charge in [0.1, 0.15) is 11.5 Å². The van der Waals surface area contributed by atoms with Gasteiger partial charge in [-0.2, -0.15) is 5.10 Å². The van der Waals surface area contributed by atoms with Crippen molar-refractivity contribution in [1.82, 2.24) is 20.5 Å². The number of amides is 1. The highest BCUT2D eigenvalue weighted by atomic mass is 127. The Hall–Kier alpha value is -1.35. The highest BCUT2D eigenvalue weighted by Crippen LogP contribution is 2.29. The number of hydrazone groups is 1. The van der Waals surface area contributed by atoms with Gasteiger partial charge in [0.05, 0.1) is 0 Å². The van der Waals surface area contributed by atoms with Gasteiger partial charge >= 0.3 is 0 Å². The SMILES string of the molecule is C/C=C\C=C/C(C)CN1CC(C)C(C2=NN3C(=CNC3I)C(=O)N2)C1. The number of nitrogens with zero attached hydrogens (tertiary/aromatic N) is 3. The van der Waals surface area contributed by atoms with Crippen molar-refractivity contribution >= 4 is 34.3 Å². The van der Waals surface area contributed by atoms with Crippen molar-refractivity contribution in [3.8, 4) is 0 Å². The molecule has 0 saturated carbocycles. The van der Waals surface area contributed by atoms with Crippen LogP contribution >= 0.6 is 22.6 Å². The maximum Gasteiger partial charge on any atom is 0.276 e. The number of rotatable bonds is 5. The van der Waals surface area contributed by atoms with Crippen LogP contribution in [-0.4, -0.2) is 45.5 Å². The van der Waals surface area contributed by atoms with E-state index < -0.39 is 0 Å². The first-order chi connectivity index (χ1) is 12.0. The third-order valence-corrected chi connectivity index (χ3v) is 5.72. The zero-order valence-electron chi connectivity index (χ0n) is 14.9. The molecular weight excluding hydrogens is 429 g/mol. The molecule has 136 valence electrons. The number of amidine groups is 1. The van der Waals surface area contributed by atoms with Crippen molar-refractivity contribution in [2.24, 2.45) is 22.9 Å². The van der Waals surface area contributed by atoms with Gasteiger partial charge in [-0.1, -0.05) is 38.2 Å². The van der Waals surface area contributed by atoms with Crippen LogP contribution in [0.1, 0.15) is 20.8 Å². The van der Waals surface area contributed by atoms with E-state index in [1.807, 2.05) is 13.0 Å². The van der Waals surface area contributed by atoms with Gasteiger partial charge in [-0.15, -0.1) is 0 Å². The Labute approximate surface area is 163 Å². The highest BCUT2D eigenvalue weighted by molar-refractivity contribution is 14.1. The van der Waals surface area contributed by atoms with Crippen LogP contribution in [-0.2, 0) is 4.79 Å². The minimum atomic E-state index is -0.0648. The number of carbonyl (C=O) groups is 1. The molecule has 3 aliphatic heterocycles. The summed E-state index contributed by atoms with van der Waals surface area (Å²) in [5, 5.41) is 12.6. The van der Waals surface area contributed by atoms with Crippen molar-refractivity contribution in [1.29, 1.82) is 0 Å². The Morgan fingerprint density at radius 2 is 2.24 bits per heavy atom. The van der Waals surface area contributed by atoms with E-state index >= 15 is 0 Å². The number of halogens is 1. The Bertz CT molecular complexity index is 641. The maximum absolute atomic E-state index is 12.3. The van der Waals surface area contributed by atoms with Gasteiger partial charge in [-0.25, -0.2) is 5.01 Å². The van der Waals surface area contributed by atoms with Gasteiger partial charge in [0, 0.05) is 31.8 Å². The Balaban J connectivity index is 1.65. The first kappa shape index (κ1) is 18.4. The second-order valence-corrected chi connectivity index (χ2v) is 8.19. The molecule has 2 N–H and O–H groups in total. The number of likely N-dealkylation sites (tertiary alicyclic amines) is 1. The van der Waals surface area contributed by atoms with Gasteiger partial charge in [-0.05, 0) is 41.4 Å². The lowest BCUT2D eigenvalue weighted by molar-refractivity contribution is -0.118. The molecule has 1 fully saturated rings. The summed E-state index contributed by atoms with van der Waals surface area (Å²) < 4.78 is -0.00163. The van der Waals surface area contributed by atoms with E-state index in [4.69, 9.17) is 5.10 Å². The Morgan fingerprint density at radius 3 is 3.00 bits per heavy atom. The average Bonchev–Trinajstić information content (AvgIpc) is 3.11. The second-order valence-electron chi connectivity index (χ2n) is 7.01. The third-order valence-electron chi connectivity index (χ3n) is 4.84. The lowest BCUT2D eigenvalue weighted by Gasteiger charge is -2.29. The number of hydrogen-bond donors (Lipinski definition) is 2. The van der Waals surface area contributed by atoms with E-state index in [9.17, 15) is 4.79 Å². The molecule has 6 nitrogen and oxygen atoms in total. The summed E-state index contributed by atoms with van der Waals surface area (Å²) in [6.45, 7) is 9.52. The zero-order chi connectivity index (χ0) is 18.0. The van der Waals surface area contributed by atoms with Gasteiger partial charge in [0.25, 0.3) is 5.91 Å². The topological polar surface area (TPSA) is 60.0 Å². The fourth-order valence-corrected chi connectivity index (χ4v) is 4.18. The zero-order valence-corrected chi connectivity index (χ0v) is 17.1. The maximum atomic E-state index is 12.3. The van der Waals surface area contributed by atoms with E-state index in [-0.39, 0.29) is 16.0 Å². The fourth-order valence-electron chi connectivity index (χ4n) is 3.57. The number of allylic oxidation sites excluding steroid dienone is 3. The van der Waals surface area contributed by atoms with E-state index in [0.717, 1.165) is 25.5 Å². The van der Waals surface area contributed by atoms with Crippen molar-refractivity contribution in [3.05, 3.63) is 36.2 Å². The molecule has 3 heterocycles. The fraction of sp³-hybridized carbons (Fsp3) is 0.556. The summed E-state index contributed by atoms with van der Waals surface area (Å²) >= 11 is 2.24. The monoisotopic (exact) mass is 455 g/mol. The molecule has 0 radical (unpaired) electrons. The number of fused-ring (bicyclic) bond motifs is 1.